The fourth-order valence-electron chi connectivity index (χ4n) is 1.07. The van der Waals surface area contributed by atoms with E-state index >= 15 is 0 Å². The number of aliphatic hydroxyl groups is 1. The number of nitrogens with one attached hydrogen (secondary N) is 1. The van der Waals surface area contributed by atoms with Crippen LogP contribution in [0.5, 0.6) is 0 Å². The van der Waals surface area contributed by atoms with Crippen molar-refractivity contribution in [2.24, 2.45) is 0 Å². The highest BCUT2D eigenvalue weighted by Gasteiger charge is 2.13. The molecule has 0 aliphatic carbocycles. The standard InChI is InChI=1S/C10H17N3O/c1-7-11-5-8(6-14)9(12-7)13-10(2,3)4/h5,14H,6H2,1-4H3,(H,11,12,13). The van der Waals surface area contributed by atoms with Gasteiger partial charge in [0.2, 0.25) is 0 Å². The topological polar surface area (TPSA) is 58.0 Å². The second-order valence-corrected chi connectivity index (χ2v) is 4.32. The van der Waals surface area contributed by atoms with Gasteiger partial charge in [0.25, 0.3) is 0 Å². The van der Waals surface area contributed by atoms with Crippen molar-refractivity contribution in [3.63, 3.8) is 0 Å². The summed E-state index contributed by atoms with van der Waals surface area (Å²) in [5, 5.41) is 12.3. The molecule has 0 atom stereocenters. The summed E-state index contributed by atoms with van der Waals surface area (Å²) in [5.74, 6) is 1.42. The van der Waals surface area contributed by atoms with Crippen LogP contribution in [-0.2, 0) is 6.61 Å². The first-order chi connectivity index (χ1) is 6.42. The molecule has 0 aromatic carbocycles. The highest BCUT2D eigenvalue weighted by atomic mass is 16.3. The first-order valence-electron chi connectivity index (χ1n) is 4.64. The Hall–Kier alpha value is -1.16. The van der Waals surface area contributed by atoms with Crippen molar-refractivity contribution in [1.82, 2.24) is 9.97 Å². The fraction of sp³-hybridized carbons (Fsp3) is 0.600. The summed E-state index contributed by atoms with van der Waals surface area (Å²) < 4.78 is 0. The predicted molar refractivity (Wildman–Crippen MR) is 56.1 cm³/mol. The van der Waals surface area contributed by atoms with Gasteiger partial charge in [0.15, 0.2) is 0 Å². The fourth-order valence-corrected chi connectivity index (χ4v) is 1.07. The average Bonchev–Trinajstić information content (AvgIpc) is 2.01. The van der Waals surface area contributed by atoms with Gasteiger partial charge in [-0.2, -0.15) is 0 Å². The molecule has 0 saturated heterocycles. The summed E-state index contributed by atoms with van der Waals surface area (Å²) in [6, 6.07) is 0. The van der Waals surface area contributed by atoms with Crippen molar-refractivity contribution in [2.45, 2.75) is 39.8 Å². The van der Waals surface area contributed by atoms with Crippen LogP contribution in [0, 0.1) is 6.92 Å². The van der Waals surface area contributed by atoms with Crippen LogP contribution in [-0.4, -0.2) is 20.6 Å². The number of aromatic nitrogens is 2. The number of anilines is 1. The van der Waals surface area contributed by atoms with E-state index in [1.165, 1.54) is 0 Å². The largest absolute Gasteiger partial charge is 0.391 e. The van der Waals surface area contributed by atoms with E-state index in [2.05, 4.69) is 15.3 Å². The van der Waals surface area contributed by atoms with E-state index in [9.17, 15) is 0 Å². The zero-order chi connectivity index (χ0) is 10.8. The number of rotatable bonds is 2. The van der Waals surface area contributed by atoms with Gasteiger partial charge in [0.05, 0.1) is 6.61 Å². The lowest BCUT2D eigenvalue weighted by Crippen LogP contribution is -2.27. The Kier molecular flexibility index (Phi) is 3.06. The van der Waals surface area contributed by atoms with Crippen molar-refractivity contribution in [2.75, 3.05) is 5.32 Å². The molecule has 0 fully saturated rings. The predicted octanol–water partition coefficient (Wildman–Crippen LogP) is 1.49. The lowest BCUT2D eigenvalue weighted by atomic mass is 10.1. The minimum atomic E-state index is -0.0648. The maximum Gasteiger partial charge on any atom is 0.135 e. The quantitative estimate of drug-likeness (QED) is 0.750. The van der Waals surface area contributed by atoms with Crippen LogP contribution in [0.15, 0.2) is 6.20 Å². The van der Waals surface area contributed by atoms with Gasteiger partial charge in [0.1, 0.15) is 11.6 Å². The first-order valence-corrected chi connectivity index (χ1v) is 4.64. The maximum atomic E-state index is 9.09. The third kappa shape index (κ3) is 2.96. The molecule has 4 nitrogen and oxygen atoms in total. The molecule has 0 spiro atoms. The summed E-state index contributed by atoms with van der Waals surface area (Å²) in [7, 11) is 0. The van der Waals surface area contributed by atoms with Crippen LogP contribution >= 0.6 is 0 Å². The van der Waals surface area contributed by atoms with Crippen LogP contribution in [0.3, 0.4) is 0 Å². The molecule has 0 saturated carbocycles. The van der Waals surface area contributed by atoms with Gasteiger partial charge >= 0.3 is 0 Å². The van der Waals surface area contributed by atoms with Crippen molar-refractivity contribution in [3.8, 4) is 0 Å². The molecular weight excluding hydrogens is 178 g/mol. The smallest absolute Gasteiger partial charge is 0.135 e. The van der Waals surface area contributed by atoms with Crippen LogP contribution in [0.2, 0.25) is 0 Å². The molecule has 0 amide bonds. The lowest BCUT2D eigenvalue weighted by molar-refractivity contribution is 0.281. The minimum Gasteiger partial charge on any atom is -0.391 e. The molecule has 1 rings (SSSR count). The van der Waals surface area contributed by atoms with E-state index in [0.29, 0.717) is 11.6 Å². The highest BCUT2D eigenvalue weighted by molar-refractivity contribution is 5.44. The van der Waals surface area contributed by atoms with Gasteiger partial charge < -0.3 is 10.4 Å². The van der Waals surface area contributed by atoms with Crippen molar-refractivity contribution in [3.05, 3.63) is 17.6 Å². The molecule has 1 aromatic heterocycles. The Morgan fingerprint density at radius 2 is 2.07 bits per heavy atom. The highest BCUT2D eigenvalue weighted by Crippen LogP contribution is 2.16. The summed E-state index contributed by atoms with van der Waals surface area (Å²) in [4.78, 5) is 8.28. The second-order valence-electron chi connectivity index (χ2n) is 4.32. The normalized spacial score (nSPS) is 11.5. The Morgan fingerprint density at radius 3 is 2.57 bits per heavy atom. The van der Waals surface area contributed by atoms with Crippen molar-refractivity contribution in [1.29, 1.82) is 0 Å². The number of hydrogen-bond donors (Lipinski definition) is 2. The van der Waals surface area contributed by atoms with E-state index in [0.717, 1.165) is 5.56 Å². The number of nitrogens with zero attached hydrogens (tertiary/aromatic N) is 2. The molecule has 78 valence electrons. The van der Waals surface area contributed by atoms with Gasteiger partial charge in [-0.3, -0.25) is 0 Å². The van der Waals surface area contributed by atoms with Crippen LogP contribution < -0.4 is 5.32 Å². The van der Waals surface area contributed by atoms with Crippen LogP contribution in [0.1, 0.15) is 32.2 Å². The molecule has 2 N–H and O–H groups in total. The molecule has 1 heterocycles. The van der Waals surface area contributed by atoms with Gasteiger partial charge in [-0.15, -0.1) is 0 Å². The SMILES string of the molecule is Cc1ncc(CO)c(NC(C)(C)C)n1. The van der Waals surface area contributed by atoms with E-state index in [-0.39, 0.29) is 12.1 Å². The Morgan fingerprint density at radius 1 is 1.43 bits per heavy atom. The average molecular weight is 195 g/mol. The van der Waals surface area contributed by atoms with E-state index in [1.54, 1.807) is 6.20 Å². The Bertz CT molecular complexity index is 318. The van der Waals surface area contributed by atoms with Gasteiger partial charge in [0, 0.05) is 17.3 Å². The summed E-state index contributed by atoms with van der Waals surface area (Å²) >= 11 is 0. The summed E-state index contributed by atoms with van der Waals surface area (Å²) in [6.07, 6.45) is 1.65. The second kappa shape index (κ2) is 3.92. The zero-order valence-electron chi connectivity index (χ0n) is 9.13. The van der Waals surface area contributed by atoms with E-state index in [4.69, 9.17) is 5.11 Å². The van der Waals surface area contributed by atoms with Crippen molar-refractivity contribution < 1.29 is 5.11 Å². The molecule has 0 radical (unpaired) electrons. The molecule has 0 aliphatic rings. The summed E-state index contributed by atoms with van der Waals surface area (Å²) in [6.45, 7) is 7.93. The number of aryl methyl sites for hydroxylation is 1. The van der Waals surface area contributed by atoms with Crippen molar-refractivity contribution >= 4 is 5.82 Å². The number of hydrogen-bond acceptors (Lipinski definition) is 4. The zero-order valence-corrected chi connectivity index (χ0v) is 9.13. The number of aliphatic hydroxyl groups excluding tert-OH is 1. The Balaban J connectivity index is 2.99. The van der Waals surface area contributed by atoms with Crippen LogP contribution in [0.4, 0.5) is 5.82 Å². The van der Waals surface area contributed by atoms with Gasteiger partial charge in [-0.1, -0.05) is 0 Å². The third-order valence-electron chi connectivity index (χ3n) is 1.65. The molecule has 0 bridgehead atoms. The molecular formula is C10H17N3O. The molecule has 14 heavy (non-hydrogen) atoms. The molecule has 4 heteroatoms. The van der Waals surface area contributed by atoms with Crippen LogP contribution in [0.25, 0.3) is 0 Å². The summed E-state index contributed by atoms with van der Waals surface area (Å²) in [5.41, 5.74) is 0.663. The monoisotopic (exact) mass is 195 g/mol. The molecule has 1 aromatic rings. The Labute approximate surface area is 84.4 Å². The molecule has 0 aliphatic heterocycles. The van der Waals surface area contributed by atoms with Gasteiger partial charge in [-0.25, -0.2) is 9.97 Å². The first kappa shape index (κ1) is 10.9. The molecule has 0 unspecified atom stereocenters. The van der Waals surface area contributed by atoms with E-state index in [1.807, 2.05) is 27.7 Å². The lowest BCUT2D eigenvalue weighted by Gasteiger charge is -2.22. The maximum absolute atomic E-state index is 9.09. The van der Waals surface area contributed by atoms with E-state index < -0.39 is 0 Å². The van der Waals surface area contributed by atoms with Gasteiger partial charge in [-0.05, 0) is 27.7 Å². The third-order valence-corrected chi connectivity index (χ3v) is 1.65. The minimum absolute atomic E-state index is 0.0430.